The summed E-state index contributed by atoms with van der Waals surface area (Å²) in [5.74, 6) is 1.51. The molecule has 0 saturated heterocycles. The van der Waals surface area contributed by atoms with Crippen molar-refractivity contribution in [1.29, 1.82) is 5.26 Å². The van der Waals surface area contributed by atoms with E-state index in [1.54, 1.807) is 6.07 Å². The van der Waals surface area contributed by atoms with Crippen LogP contribution in [0.1, 0.15) is 5.56 Å². The van der Waals surface area contributed by atoms with Gasteiger partial charge in [-0.1, -0.05) is 17.8 Å². The lowest BCUT2D eigenvalue weighted by Crippen LogP contribution is -2.15. The molecule has 5 heteroatoms. The van der Waals surface area contributed by atoms with Crippen molar-refractivity contribution in [2.24, 2.45) is 0 Å². The number of benzene rings is 2. The third-order valence-corrected chi connectivity index (χ3v) is 3.99. The summed E-state index contributed by atoms with van der Waals surface area (Å²) < 4.78 is 11.0. The smallest absolute Gasteiger partial charge is 0.162 e. The van der Waals surface area contributed by atoms with Crippen LogP contribution in [0.4, 0.5) is 5.69 Å². The van der Waals surface area contributed by atoms with Gasteiger partial charge in [0.25, 0.3) is 0 Å². The zero-order chi connectivity index (χ0) is 13.9. The van der Waals surface area contributed by atoms with Gasteiger partial charge in [0, 0.05) is 9.79 Å². The lowest BCUT2D eigenvalue weighted by molar-refractivity contribution is 0.171. The molecule has 1 aliphatic heterocycles. The van der Waals surface area contributed by atoms with Crippen molar-refractivity contribution >= 4 is 17.4 Å². The fourth-order valence-corrected chi connectivity index (χ4v) is 2.87. The Morgan fingerprint density at radius 2 is 1.90 bits per heavy atom. The molecular weight excluding hydrogens is 272 g/mol. The summed E-state index contributed by atoms with van der Waals surface area (Å²) in [7, 11) is 0. The number of fused-ring (bicyclic) bond motifs is 1. The summed E-state index contributed by atoms with van der Waals surface area (Å²) in [5, 5.41) is 8.99. The monoisotopic (exact) mass is 284 g/mol. The lowest BCUT2D eigenvalue weighted by atomic mass is 10.2. The summed E-state index contributed by atoms with van der Waals surface area (Å²) in [6.45, 7) is 1.14. The first-order valence-corrected chi connectivity index (χ1v) is 6.95. The van der Waals surface area contributed by atoms with E-state index < -0.39 is 0 Å². The molecule has 0 aliphatic carbocycles. The summed E-state index contributed by atoms with van der Waals surface area (Å²) in [4.78, 5) is 1.86. The maximum atomic E-state index is 8.99. The van der Waals surface area contributed by atoms with E-state index in [-0.39, 0.29) is 0 Å². The quantitative estimate of drug-likeness (QED) is 0.858. The summed E-state index contributed by atoms with van der Waals surface area (Å²) in [6.07, 6.45) is 0. The summed E-state index contributed by atoms with van der Waals surface area (Å²) in [5.41, 5.74) is 6.98. The normalized spacial score (nSPS) is 12.8. The van der Waals surface area contributed by atoms with Crippen molar-refractivity contribution in [3.05, 3.63) is 42.0 Å². The number of nitrogens with zero attached hydrogens (tertiary/aromatic N) is 1. The second-order valence-electron chi connectivity index (χ2n) is 4.24. The van der Waals surface area contributed by atoms with E-state index in [9.17, 15) is 0 Å². The Balaban J connectivity index is 1.90. The van der Waals surface area contributed by atoms with E-state index in [1.807, 2.05) is 30.3 Å². The zero-order valence-corrected chi connectivity index (χ0v) is 11.4. The van der Waals surface area contributed by atoms with E-state index in [0.717, 1.165) is 21.3 Å². The molecule has 1 heterocycles. The van der Waals surface area contributed by atoms with Gasteiger partial charge in [-0.3, -0.25) is 0 Å². The number of nitrogen functional groups attached to an aromatic ring is 1. The average Bonchev–Trinajstić information content (AvgIpc) is 2.49. The van der Waals surface area contributed by atoms with Crippen LogP contribution in [-0.2, 0) is 0 Å². The van der Waals surface area contributed by atoms with E-state index >= 15 is 0 Å². The fourth-order valence-electron chi connectivity index (χ4n) is 1.94. The Bertz CT molecular complexity index is 695. The molecule has 0 amide bonds. The standard InChI is InChI=1S/C15H12N2O2S/c16-9-10-2-1-3-14(15(10)17)20-11-4-5-12-13(8-11)19-7-6-18-12/h1-5,8H,6-7,17H2. The van der Waals surface area contributed by atoms with E-state index in [4.69, 9.17) is 20.5 Å². The van der Waals surface area contributed by atoms with Crippen LogP contribution in [-0.4, -0.2) is 13.2 Å². The van der Waals surface area contributed by atoms with E-state index in [1.165, 1.54) is 11.8 Å². The molecule has 2 aromatic rings. The van der Waals surface area contributed by atoms with Crippen LogP contribution in [0, 0.1) is 11.3 Å². The Morgan fingerprint density at radius 3 is 2.70 bits per heavy atom. The lowest BCUT2D eigenvalue weighted by Gasteiger charge is -2.18. The first-order chi connectivity index (χ1) is 9.78. The van der Waals surface area contributed by atoms with Gasteiger partial charge in [-0.2, -0.15) is 5.26 Å². The van der Waals surface area contributed by atoms with Crippen LogP contribution in [0.15, 0.2) is 46.2 Å². The molecule has 100 valence electrons. The Labute approximate surface area is 121 Å². The molecule has 0 fully saturated rings. The molecule has 2 N–H and O–H groups in total. The van der Waals surface area contributed by atoms with Crippen molar-refractivity contribution in [2.75, 3.05) is 18.9 Å². The maximum Gasteiger partial charge on any atom is 0.162 e. The van der Waals surface area contributed by atoms with Crippen LogP contribution in [0.2, 0.25) is 0 Å². The molecule has 0 atom stereocenters. The maximum absolute atomic E-state index is 8.99. The largest absolute Gasteiger partial charge is 0.486 e. The molecule has 0 unspecified atom stereocenters. The zero-order valence-electron chi connectivity index (χ0n) is 10.6. The van der Waals surface area contributed by atoms with Crippen molar-refractivity contribution in [1.82, 2.24) is 0 Å². The predicted molar refractivity (Wildman–Crippen MR) is 77.1 cm³/mol. The van der Waals surface area contributed by atoms with Gasteiger partial charge < -0.3 is 15.2 Å². The number of hydrogen-bond donors (Lipinski definition) is 1. The van der Waals surface area contributed by atoms with Gasteiger partial charge in [0.15, 0.2) is 11.5 Å². The number of ether oxygens (including phenoxy) is 2. The number of hydrogen-bond acceptors (Lipinski definition) is 5. The molecule has 0 saturated carbocycles. The average molecular weight is 284 g/mol. The number of anilines is 1. The Morgan fingerprint density at radius 1 is 1.10 bits per heavy atom. The molecule has 0 spiro atoms. The van der Waals surface area contributed by atoms with Gasteiger partial charge in [-0.25, -0.2) is 0 Å². The molecule has 0 bridgehead atoms. The third-order valence-electron chi connectivity index (χ3n) is 2.93. The highest BCUT2D eigenvalue weighted by Crippen LogP contribution is 2.39. The van der Waals surface area contributed by atoms with Gasteiger partial charge in [0.05, 0.1) is 11.3 Å². The highest BCUT2D eigenvalue weighted by Gasteiger charge is 2.13. The van der Waals surface area contributed by atoms with Crippen LogP contribution in [0.25, 0.3) is 0 Å². The number of rotatable bonds is 2. The van der Waals surface area contributed by atoms with Crippen LogP contribution < -0.4 is 15.2 Å². The highest BCUT2D eigenvalue weighted by molar-refractivity contribution is 7.99. The van der Waals surface area contributed by atoms with Gasteiger partial charge >= 0.3 is 0 Å². The van der Waals surface area contributed by atoms with Crippen molar-refractivity contribution in [3.63, 3.8) is 0 Å². The van der Waals surface area contributed by atoms with Gasteiger partial charge in [-0.15, -0.1) is 0 Å². The second-order valence-corrected chi connectivity index (χ2v) is 5.35. The third kappa shape index (κ3) is 2.38. The molecule has 3 rings (SSSR count). The molecular formula is C15H12N2O2S. The minimum atomic E-state index is 0.493. The van der Waals surface area contributed by atoms with E-state index in [2.05, 4.69) is 6.07 Å². The Hall–Kier alpha value is -2.32. The van der Waals surface area contributed by atoms with Crippen molar-refractivity contribution in [3.8, 4) is 17.6 Å². The van der Waals surface area contributed by atoms with Gasteiger partial charge in [0.2, 0.25) is 0 Å². The molecule has 4 nitrogen and oxygen atoms in total. The molecule has 0 aromatic heterocycles. The summed E-state index contributed by atoms with van der Waals surface area (Å²) in [6, 6.07) is 13.3. The molecule has 1 aliphatic rings. The molecule has 0 radical (unpaired) electrons. The minimum absolute atomic E-state index is 0.493. The molecule has 2 aromatic carbocycles. The van der Waals surface area contributed by atoms with Gasteiger partial charge in [0.1, 0.15) is 19.3 Å². The predicted octanol–water partition coefficient (Wildman–Crippen LogP) is 3.06. The number of nitriles is 1. The first kappa shape index (κ1) is 12.7. The van der Waals surface area contributed by atoms with Gasteiger partial charge in [-0.05, 0) is 30.3 Å². The van der Waals surface area contributed by atoms with Crippen molar-refractivity contribution < 1.29 is 9.47 Å². The first-order valence-electron chi connectivity index (χ1n) is 6.14. The number of para-hydroxylation sites is 1. The van der Waals surface area contributed by atoms with E-state index in [0.29, 0.717) is 24.5 Å². The minimum Gasteiger partial charge on any atom is -0.486 e. The Kier molecular flexibility index (Phi) is 3.40. The molecule has 20 heavy (non-hydrogen) atoms. The SMILES string of the molecule is N#Cc1cccc(Sc2ccc3c(c2)OCCO3)c1N. The van der Waals surface area contributed by atoms with Crippen molar-refractivity contribution in [2.45, 2.75) is 9.79 Å². The van der Waals surface area contributed by atoms with Crippen LogP contribution in [0.5, 0.6) is 11.5 Å². The highest BCUT2D eigenvalue weighted by atomic mass is 32.2. The fraction of sp³-hybridized carbons (Fsp3) is 0.133. The topological polar surface area (TPSA) is 68.3 Å². The second kappa shape index (κ2) is 5.35. The number of nitrogens with two attached hydrogens (primary N) is 1. The van der Waals surface area contributed by atoms with Crippen LogP contribution >= 0.6 is 11.8 Å². The van der Waals surface area contributed by atoms with Crippen LogP contribution in [0.3, 0.4) is 0 Å². The summed E-state index contributed by atoms with van der Waals surface area (Å²) >= 11 is 1.50.